The Kier molecular flexibility index (Phi) is 4.72. The average molecular weight is 312 g/mol. The zero-order chi connectivity index (χ0) is 12.8. The number of hydrogen-bond donors (Lipinski definition) is 1. The number of ether oxygens (including phenoxy) is 1. The minimum atomic E-state index is -0.188. The lowest BCUT2D eigenvalue weighted by atomic mass is 10.2. The summed E-state index contributed by atoms with van der Waals surface area (Å²) in [6, 6.07) is 7.48. The van der Waals surface area contributed by atoms with Crippen molar-refractivity contribution in [3.63, 3.8) is 0 Å². The summed E-state index contributed by atoms with van der Waals surface area (Å²) >= 11 is 3.36. The average Bonchev–Trinajstić information content (AvgIpc) is 2.42. The molecule has 2 amide bonds. The van der Waals surface area contributed by atoms with Gasteiger partial charge in [0, 0.05) is 17.6 Å². The molecule has 96 valence electrons. The zero-order valence-corrected chi connectivity index (χ0v) is 11.4. The monoisotopic (exact) mass is 311 g/mol. The topological polar surface area (TPSA) is 53.9 Å². The van der Waals surface area contributed by atoms with Crippen LogP contribution >= 0.6 is 15.9 Å². The standard InChI is InChI=1S/C12H14BrN3O2/c13-11-3-1-10(2-4-11)9-14-15-12(17)16-5-7-18-8-6-16/h1-4,9H,5-8H2,(H,15,17)/b14-9+. The van der Waals surface area contributed by atoms with Crippen LogP contribution in [0.15, 0.2) is 33.8 Å². The van der Waals surface area contributed by atoms with Crippen LogP contribution in [0.4, 0.5) is 4.79 Å². The molecule has 0 saturated carbocycles. The Bertz CT molecular complexity index is 427. The van der Waals surface area contributed by atoms with Crippen LogP contribution in [0.2, 0.25) is 0 Å². The fourth-order valence-electron chi connectivity index (χ4n) is 1.55. The van der Waals surface area contributed by atoms with Crippen molar-refractivity contribution in [3.05, 3.63) is 34.3 Å². The minimum Gasteiger partial charge on any atom is -0.378 e. The molecular weight excluding hydrogens is 298 g/mol. The SMILES string of the molecule is O=C(N/N=C/c1ccc(Br)cc1)N1CCOCC1. The summed E-state index contributed by atoms with van der Waals surface area (Å²) in [5, 5.41) is 3.92. The summed E-state index contributed by atoms with van der Waals surface area (Å²) in [5.41, 5.74) is 3.44. The number of benzene rings is 1. The van der Waals surface area contributed by atoms with Crippen LogP contribution in [0.1, 0.15) is 5.56 Å². The van der Waals surface area contributed by atoms with Crippen molar-refractivity contribution in [3.8, 4) is 0 Å². The number of carbonyl (C=O) groups excluding carboxylic acids is 1. The summed E-state index contributed by atoms with van der Waals surface area (Å²) in [5.74, 6) is 0. The molecule has 1 aliphatic heterocycles. The summed E-state index contributed by atoms with van der Waals surface area (Å²) in [6.07, 6.45) is 1.62. The normalized spacial score (nSPS) is 15.9. The van der Waals surface area contributed by atoms with Crippen LogP contribution in [0.5, 0.6) is 0 Å². The Morgan fingerprint density at radius 1 is 1.33 bits per heavy atom. The van der Waals surface area contributed by atoms with E-state index in [-0.39, 0.29) is 6.03 Å². The molecule has 0 bridgehead atoms. The van der Waals surface area contributed by atoms with Gasteiger partial charge in [-0.2, -0.15) is 5.10 Å². The van der Waals surface area contributed by atoms with Gasteiger partial charge in [-0.25, -0.2) is 10.2 Å². The first kappa shape index (κ1) is 13.0. The molecule has 1 aromatic rings. The van der Waals surface area contributed by atoms with Crippen LogP contribution in [-0.2, 0) is 4.74 Å². The Labute approximate surface area is 114 Å². The molecular formula is C12H14BrN3O2. The van der Waals surface area contributed by atoms with E-state index in [1.165, 1.54) is 0 Å². The number of amides is 2. The third-order valence-corrected chi connectivity index (χ3v) is 3.07. The van der Waals surface area contributed by atoms with Crippen LogP contribution in [-0.4, -0.2) is 43.4 Å². The van der Waals surface area contributed by atoms with Crippen LogP contribution in [0.3, 0.4) is 0 Å². The van der Waals surface area contributed by atoms with E-state index < -0.39 is 0 Å². The lowest BCUT2D eigenvalue weighted by molar-refractivity contribution is 0.0533. The first-order valence-corrected chi connectivity index (χ1v) is 6.46. The molecule has 0 atom stereocenters. The highest BCUT2D eigenvalue weighted by molar-refractivity contribution is 9.10. The van der Waals surface area contributed by atoms with Crippen molar-refractivity contribution in [2.45, 2.75) is 0 Å². The molecule has 0 unspecified atom stereocenters. The summed E-state index contributed by atoms with van der Waals surface area (Å²) in [4.78, 5) is 13.4. The van der Waals surface area contributed by atoms with Gasteiger partial charge in [0.2, 0.25) is 0 Å². The van der Waals surface area contributed by atoms with Gasteiger partial charge >= 0.3 is 6.03 Å². The maximum atomic E-state index is 11.7. The number of rotatable bonds is 2. The maximum Gasteiger partial charge on any atom is 0.337 e. The van der Waals surface area contributed by atoms with Crippen molar-refractivity contribution < 1.29 is 9.53 Å². The first-order valence-electron chi connectivity index (χ1n) is 5.67. The third kappa shape index (κ3) is 3.82. The lowest BCUT2D eigenvalue weighted by Crippen LogP contribution is -2.44. The van der Waals surface area contributed by atoms with Crippen molar-refractivity contribution >= 4 is 28.2 Å². The van der Waals surface area contributed by atoms with Gasteiger partial charge in [-0.05, 0) is 17.7 Å². The molecule has 1 aromatic carbocycles. The Hall–Kier alpha value is -1.40. The Morgan fingerprint density at radius 2 is 2.00 bits per heavy atom. The van der Waals surface area contributed by atoms with E-state index >= 15 is 0 Å². The van der Waals surface area contributed by atoms with E-state index in [1.54, 1.807) is 11.1 Å². The number of hydrazone groups is 1. The van der Waals surface area contributed by atoms with E-state index in [9.17, 15) is 4.79 Å². The van der Waals surface area contributed by atoms with Crippen molar-refractivity contribution in [1.29, 1.82) is 0 Å². The number of halogens is 1. The van der Waals surface area contributed by atoms with Gasteiger partial charge in [-0.1, -0.05) is 28.1 Å². The fourth-order valence-corrected chi connectivity index (χ4v) is 1.81. The zero-order valence-electron chi connectivity index (χ0n) is 9.80. The molecule has 0 radical (unpaired) electrons. The summed E-state index contributed by atoms with van der Waals surface area (Å²) in [7, 11) is 0. The van der Waals surface area contributed by atoms with Crippen LogP contribution in [0.25, 0.3) is 0 Å². The quantitative estimate of drug-likeness (QED) is 0.669. The number of nitrogens with zero attached hydrogens (tertiary/aromatic N) is 2. The van der Waals surface area contributed by atoms with Gasteiger partial charge in [0.25, 0.3) is 0 Å². The van der Waals surface area contributed by atoms with E-state index in [1.807, 2.05) is 24.3 Å². The van der Waals surface area contributed by atoms with Gasteiger partial charge in [0.15, 0.2) is 0 Å². The lowest BCUT2D eigenvalue weighted by Gasteiger charge is -2.25. The van der Waals surface area contributed by atoms with Crippen molar-refractivity contribution in [1.82, 2.24) is 10.3 Å². The second-order valence-corrected chi connectivity index (χ2v) is 4.74. The fraction of sp³-hybridized carbons (Fsp3) is 0.333. The first-order chi connectivity index (χ1) is 8.75. The van der Waals surface area contributed by atoms with Gasteiger partial charge in [-0.15, -0.1) is 0 Å². The maximum absolute atomic E-state index is 11.7. The molecule has 2 rings (SSSR count). The third-order valence-electron chi connectivity index (χ3n) is 2.54. The second kappa shape index (κ2) is 6.51. The molecule has 1 aliphatic rings. The molecule has 1 saturated heterocycles. The Balaban J connectivity index is 1.83. The minimum absolute atomic E-state index is 0.188. The predicted octanol–water partition coefficient (Wildman–Crippen LogP) is 1.82. The number of hydrogen-bond acceptors (Lipinski definition) is 3. The van der Waals surface area contributed by atoms with Crippen LogP contribution < -0.4 is 5.43 Å². The number of nitrogens with one attached hydrogen (secondary N) is 1. The largest absolute Gasteiger partial charge is 0.378 e. The summed E-state index contributed by atoms with van der Waals surface area (Å²) < 4.78 is 6.18. The number of morpholine rings is 1. The molecule has 0 spiro atoms. The molecule has 18 heavy (non-hydrogen) atoms. The van der Waals surface area contributed by atoms with E-state index in [4.69, 9.17) is 4.74 Å². The van der Waals surface area contributed by atoms with Gasteiger partial charge in [-0.3, -0.25) is 0 Å². The smallest absolute Gasteiger partial charge is 0.337 e. The Morgan fingerprint density at radius 3 is 2.67 bits per heavy atom. The number of carbonyl (C=O) groups is 1. The van der Waals surface area contributed by atoms with Gasteiger partial charge in [0.05, 0.1) is 19.4 Å². The molecule has 1 heterocycles. The van der Waals surface area contributed by atoms with Crippen molar-refractivity contribution in [2.24, 2.45) is 5.10 Å². The summed E-state index contributed by atoms with van der Waals surface area (Å²) in [6.45, 7) is 2.40. The van der Waals surface area contributed by atoms with Crippen LogP contribution in [0, 0.1) is 0 Å². The highest BCUT2D eigenvalue weighted by Crippen LogP contribution is 2.08. The molecule has 0 aliphatic carbocycles. The molecule has 5 nitrogen and oxygen atoms in total. The molecule has 0 aromatic heterocycles. The van der Waals surface area contributed by atoms with Gasteiger partial charge < -0.3 is 9.64 Å². The van der Waals surface area contributed by atoms with Gasteiger partial charge in [0.1, 0.15) is 0 Å². The number of urea groups is 1. The highest BCUT2D eigenvalue weighted by atomic mass is 79.9. The molecule has 1 N–H and O–H groups in total. The second-order valence-electron chi connectivity index (χ2n) is 3.83. The predicted molar refractivity (Wildman–Crippen MR) is 72.7 cm³/mol. The van der Waals surface area contributed by atoms with E-state index in [2.05, 4.69) is 26.5 Å². The van der Waals surface area contributed by atoms with Crippen molar-refractivity contribution in [2.75, 3.05) is 26.3 Å². The molecule has 6 heteroatoms. The van der Waals surface area contributed by atoms with E-state index in [0.29, 0.717) is 26.3 Å². The highest BCUT2D eigenvalue weighted by Gasteiger charge is 2.15. The van der Waals surface area contributed by atoms with E-state index in [0.717, 1.165) is 10.0 Å². The molecule has 1 fully saturated rings.